The number of hydrogen-bond acceptors (Lipinski definition) is 5. The van der Waals surface area contributed by atoms with Gasteiger partial charge >= 0.3 is 5.97 Å². The summed E-state index contributed by atoms with van der Waals surface area (Å²) < 4.78 is 11.1. The molecule has 0 fully saturated rings. The van der Waals surface area contributed by atoms with E-state index in [0.717, 1.165) is 16.7 Å². The van der Waals surface area contributed by atoms with Crippen molar-refractivity contribution < 1.29 is 13.9 Å². The summed E-state index contributed by atoms with van der Waals surface area (Å²) in [5.74, 6) is -0.344. The van der Waals surface area contributed by atoms with Crippen molar-refractivity contribution in [2.75, 3.05) is 0 Å². The molecule has 1 heterocycles. The molecule has 0 bridgehead atoms. The largest absolute Gasteiger partial charge is 0.455 e. The average Bonchev–Trinajstić information content (AvgIpc) is 3.24. The second-order valence-corrected chi connectivity index (χ2v) is 6.81. The molecule has 4 rings (SSSR count). The maximum absolute atomic E-state index is 12.9. The van der Waals surface area contributed by atoms with Crippen molar-refractivity contribution in [3.63, 3.8) is 0 Å². The number of halogens is 1. The number of aromatic nitrogens is 2. The highest BCUT2D eigenvalue weighted by atomic mass is 35.5. The van der Waals surface area contributed by atoms with E-state index in [9.17, 15) is 4.79 Å². The van der Waals surface area contributed by atoms with E-state index in [4.69, 9.17) is 20.8 Å². The molecule has 5 nitrogen and oxygen atoms in total. The van der Waals surface area contributed by atoms with E-state index in [1.54, 1.807) is 24.3 Å². The minimum atomic E-state index is -0.531. The number of hydrogen-bond donors (Lipinski definition) is 0. The zero-order chi connectivity index (χ0) is 20.1. The zero-order valence-corrected chi connectivity index (χ0v) is 16.1. The predicted octanol–water partition coefficient (Wildman–Crippen LogP) is 5.27. The molecule has 4 aromatic rings. The van der Waals surface area contributed by atoms with Crippen molar-refractivity contribution in [2.24, 2.45) is 0 Å². The number of carbonyl (C=O) groups is 1. The van der Waals surface area contributed by atoms with Gasteiger partial charge in [-0.1, -0.05) is 72.3 Å². The summed E-state index contributed by atoms with van der Waals surface area (Å²) in [6, 6.07) is 26.1. The first-order valence-corrected chi connectivity index (χ1v) is 9.43. The molecule has 29 heavy (non-hydrogen) atoms. The number of benzene rings is 3. The number of nitrogens with zero attached hydrogens (tertiary/aromatic N) is 2. The fourth-order valence-electron chi connectivity index (χ4n) is 2.99. The Labute approximate surface area is 172 Å². The van der Waals surface area contributed by atoms with Crippen LogP contribution in [0.1, 0.15) is 22.9 Å². The van der Waals surface area contributed by atoms with Crippen molar-refractivity contribution in [1.82, 2.24) is 10.2 Å². The van der Waals surface area contributed by atoms with Gasteiger partial charge in [0.15, 0.2) is 6.61 Å². The summed E-state index contributed by atoms with van der Waals surface area (Å²) in [5, 5.41) is 8.59. The highest BCUT2D eigenvalue weighted by Crippen LogP contribution is 2.27. The molecule has 0 aliphatic carbocycles. The van der Waals surface area contributed by atoms with Crippen LogP contribution in [0.15, 0.2) is 89.3 Å². The van der Waals surface area contributed by atoms with Gasteiger partial charge in [-0.05, 0) is 35.4 Å². The van der Waals surface area contributed by atoms with Crippen molar-refractivity contribution in [2.45, 2.75) is 12.5 Å². The lowest BCUT2D eigenvalue weighted by atomic mass is 9.91. The van der Waals surface area contributed by atoms with E-state index in [1.807, 2.05) is 60.7 Å². The van der Waals surface area contributed by atoms with Gasteiger partial charge in [-0.15, -0.1) is 10.2 Å². The summed E-state index contributed by atoms with van der Waals surface area (Å²) in [4.78, 5) is 12.9. The Balaban J connectivity index is 1.49. The zero-order valence-electron chi connectivity index (χ0n) is 15.4. The summed E-state index contributed by atoms with van der Waals surface area (Å²) in [6.07, 6.45) is 0. The molecule has 0 saturated heterocycles. The first kappa shape index (κ1) is 18.9. The SMILES string of the molecule is O=C(OCc1nnc(-c2ccc(Cl)cc2)o1)C(c1ccccc1)c1ccccc1. The molecular formula is C23H17ClN2O3. The minimum absolute atomic E-state index is 0.102. The molecule has 0 aliphatic heterocycles. The molecular weight excluding hydrogens is 388 g/mol. The van der Waals surface area contributed by atoms with Crippen molar-refractivity contribution in [3.8, 4) is 11.5 Å². The van der Waals surface area contributed by atoms with Gasteiger partial charge in [-0.3, -0.25) is 4.79 Å². The fraction of sp³-hybridized carbons (Fsp3) is 0.0870. The van der Waals surface area contributed by atoms with Crippen molar-refractivity contribution in [3.05, 3.63) is 107 Å². The molecule has 3 aromatic carbocycles. The van der Waals surface area contributed by atoms with Gasteiger partial charge in [0, 0.05) is 10.6 Å². The Morgan fingerprint density at radius 2 is 1.45 bits per heavy atom. The molecule has 1 aromatic heterocycles. The van der Waals surface area contributed by atoms with Crippen LogP contribution in [0, 0.1) is 0 Å². The van der Waals surface area contributed by atoms with Gasteiger partial charge in [0.05, 0.1) is 0 Å². The van der Waals surface area contributed by atoms with Crippen LogP contribution in [0.2, 0.25) is 5.02 Å². The Morgan fingerprint density at radius 1 is 0.862 bits per heavy atom. The third-order valence-electron chi connectivity index (χ3n) is 4.40. The number of rotatable bonds is 6. The Bertz CT molecular complexity index is 1040. The van der Waals surface area contributed by atoms with E-state index in [2.05, 4.69) is 10.2 Å². The molecule has 0 unspecified atom stereocenters. The molecule has 144 valence electrons. The molecule has 0 radical (unpaired) electrons. The van der Waals surface area contributed by atoms with Crippen molar-refractivity contribution >= 4 is 17.6 Å². The topological polar surface area (TPSA) is 65.2 Å². The van der Waals surface area contributed by atoms with Gasteiger partial charge < -0.3 is 9.15 Å². The maximum atomic E-state index is 12.9. The summed E-state index contributed by atoms with van der Waals surface area (Å²) >= 11 is 5.90. The molecule has 0 amide bonds. The normalized spacial score (nSPS) is 10.8. The van der Waals surface area contributed by atoms with Gasteiger partial charge in [-0.2, -0.15) is 0 Å². The predicted molar refractivity (Wildman–Crippen MR) is 109 cm³/mol. The number of ether oxygens (including phenoxy) is 1. The maximum Gasteiger partial charge on any atom is 0.318 e. The van der Waals surface area contributed by atoms with Gasteiger partial charge in [0.25, 0.3) is 5.89 Å². The van der Waals surface area contributed by atoms with Gasteiger partial charge in [-0.25, -0.2) is 0 Å². The van der Waals surface area contributed by atoms with E-state index < -0.39 is 5.92 Å². The first-order valence-electron chi connectivity index (χ1n) is 9.05. The quantitative estimate of drug-likeness (QED) is 0.410. The summed E-state index contributed by atoms with van der Waals surface area (Å²) in [6.45, 7) is -0.102. The lowest BCUT2D eigenvalue weighted by molar-refractivity contribution is -0.146. The number of carbonyl (C=O) groups excluding carboxylic acids is 1. The van der Waals surface area contributed by atoms with Crippen LogP contribution in [-0.4, -0.2) is 16.2 Å². The van der Waals surface area contributed by atoms with Crippen LogP contribution in [-0.2, 0) is 16.1 Å². The lowest BCUT2D eigenvalue weighted by Gasteiger charge is -2.16. The highest BCUT2D eigenvalue weighted by molar-refractivity contribution is 6.30. The van der Waals surface area contributed by atoms with Crippen LogP contribution in [0.25, 0.3) is 11.5 Å². The van der Waals surface area contributed by atoms with Crippen LogP contribution in [0.4, 0.5) is 0 Å². The molecule has 0 spiro atoms. The van der Waals surface area contributed by atoms with Gasteiger partial charge in [0.1, 0.15) is 5.92 Å². The second kappa shape index (κ2) is 8.71. The minimum Gasteiger partial charge on any atom is -0.455 e. The Kier molecular flexibility index (Phi) is 5.68. The Morgan fingerprint density at radius 3 is 2.03 bits per heavy atom. The van der Waals surface area contributed by atoms with Crippen LogP contribution in [0.5, 0.6) is 0 Å². The third-order valence-corrected chi connectivity index (χ3v) is 4.65. The van der Waals surface area contributed by atoms with E-state index >= 15 is 0 Å². The van der Waals surface area contributed by atoms with Crippen molar-refractivity contribution in [1.29, 1.82) is 0 Å². The highest BCUT2D eigenvalue weighted by Gasteiger charge is 2.24. The van der Waals surface area contributed by atoms with Crippen LogP contribution < -0.4 is 0 Å². The fourth-order valence-corrected chi connectivity index (χ4v) is 3.12. The summed E-state index contributed by atoms with van der Waals surface area (Å²) in [5.41, 5.74) is 2.46. The Hall–Kier alpha value is -3.44. The standard InChI is InChI=1S/C23H17ClN2O3/c24-19-13-11-18(12-14-19)22-26-25-20(29-22)15-28-23(27)21(16-7-3-1-4-8-16)17-9-5-2-6-10-17/h1-14,21H,15H2. The number of esters is 1. The monoisotopic (exact) mass is 404 g/mol. The molecule has 0 saturated carbocycles. The smallest absolute Gasteiger partial charge is 0.318 e. The molecule has 0 atom stereocenters. The second-order valence-electron chi connectivity index (χ2n) is 6.37. The average molecular weight is 405 g/mol. The lowest BCUT2D eigenvalue weighted by Crippen LogP contribution is -2.17. The van der Waals surface area contributed by atoms with Gasteiger partial charge in [0.2, 0.25) is 5.89 Å². The van der Waals surface area contributed by atoms with E-state index in [1.165, 1.54) is 0 Å². The van der Waals surface area contributed by atoms with Crippen LogP contribution in [0.3, 0.4) is 0 Å². The molecule has 0 N–H and O–H groups in total. The molecule has 6 heteroatoms. The van der Waals surface area contributed by atoms with E-state index in [0.29, 0.717) is 10.9 Å². The third kappa shape index (κ3) is 4.52. The summed E-state index contributed by atoms with van der Waals surface area (Å²) in [7, 11) is 0. The first-order chi connectivity index (χ1) is 14.2. The van der Waals surface area contributed by atoms with Crippen LogP contribution >= 0.6 is 11.6 Å². The van der Waals surface area contributed by atoms with E-state index in [-0.39, 0.29) is 18.5 Å². The molecule has 0 aliphatic rings.